The van der Waals surface area contributed by atoms with Crippen molar-refractivity contribution >= 4 is 30.7 Å². The number of nitrogens with zero attached hydrogens (tertiary/aromatic N) is 3. The predicted octanol–water partition coefficient (Wildman–Crippen LogP) is 7.12. The summed E-state index contributed by atoms with van der Waals surface area (Å²) < 4.78 is 79.5. The smallest absolute Gasteiger partial charge is 0.344 e. The minimum atomic E-state index is -4.91. The molecule has 1 unspecified atom stereocenters. The predicted molar refractivity (Wildman–Crippen MR) is 149 cm³/mol. The van der Waals surface area contributed by atoms with Gasteiger partial charge in [0.1, 0.15) is 6.04 Å². The van der Waals surface area contributed by atoms with Crippen LogP contribution < -0.4 is 0 Å². The van der Waals surface area contributed by atoms with Gasteiger partial charge in [0.25, 0.3) is 0 Å². The SMILES string of the molecule is CCN(CC)C1CCN(C(C(=O)N(C)CCc2cc(C(F)(F)F)cc(C(F)(F)F)c2)c2ccccc2)CC1.Cl.Cl. The Kier molecular flexibility index (Phi) is 13.8. The molecule has 0 aliphatic carbocycles. The van der Waals surface area contributed by atoms with E-state index < -0.39 is 29.5 Å². The van der Waals surface area contributed by atoms with Crippen LogP contribution in [-0.2, 0) is 23.6 Å². The molecule has 1 aliphatic rings. The zero-order chi connectivity index (χ0) is 28.1. The van der Waals surface area contributed by atoms with Gasteiger partial charge in [-0.25, -0.2) is 0 Å². The van der Waals surface area contributed by atoms with Crippen molar-refractivity contribution in [1.82, 2.24) is 14.7 Å². The molecule has 4 nitrogen and oxygen atoms in total. The molecular formula is C28H37Cl2F6N3O. The van der Waals surface area contributed by atoms with E-state index in [1.54, 1.807) is 7.05 Å². The van der Waals surface area contributed by atoms with Crippen molar-refractivity contribution in [3.63, 3.8) is 0 Å². The summed E-state index contributed by atoms with van der Waals surface area (Å²) in [5, 5.41) is 0. The number of hydrogen-bond donors (Lipinski definition) is 0. The van der Waals surface area contributed by atoms with E-state index in [0.29, 0.717) is 19.1 Å². The molecule has 1 saturated heterocycles. The summed E-state index contributed by atoms with van der Waals surface area (Å²) in [4.78, 5) is 19.6. The van der Waals surface area contributed by atoms with E-state index in [9.17, 15) is 31.1 Å². The van der Waals surface area contributed by atoms with Gasteiger partial charge in [-0.2, -0.15) is 26.3 Å². The highest BCUT2D eigenvalue weighted by atomic mass is 35.5. The molecule has 1 heterocycles. The first-order valence-corrected chi connectivity index (χ1v) is 12.9. The maximum Gasteiger partial charge on any atom is 0.416 e. The van der Waals surface area contributed by atoms with Crippen LogP contribution in [0.5, 0.6) is 0 Å². The maximum atomic E-state index is 13.7. The fourth-order valence-corrected chi connectivity index (χ4v) is 5.17. The standard InChI is InChI=1S/C28H35F6N3O.2ClH/c1-4-36(5-2)24-12-15-37(16-13-24)25(21-9-7-6-8-10-21)26(38)35(3)14-11-20-17-22(27(29,30)31)19-23(18-20)28(32,33)34;;/h6-10,17-19,24-25H,4-5,11-16H2,1-3H3;2*1H. The molecule has 1 fully saturated rings. The lowest BCUT2D eigenvalue weighted by Gasteiger charge is -2.41. The normalized spacial score (nSPS) is 15.8. The van der Waals surface area contributed by atoms with E-state index in [0.717, 1.165) is 43.6 Å². The van der Waals surface area contributed by atoms with Gasteiger partial charge in [-0.3, -0.25) is 9.69 Å². The zero-order valence-corrected chi connectivity index (χ0v) is 24.4. The molecule has 1 amide bonds. The van der Waals surface area contributed by atoms with Crippen LogP contribution in [0.3, 0.4) is 0 Å². The maximum absolute atomic E-state index is 13.7. The van der Waals surface area contributed by atoms with Gasteiger partial charge in [-0.1, -0.05) is 44.2 Å². The Morgan fingerprint density at radius 2 is 1.40 bits per heavy atom. The largest absolute Gasteiger partial charge is 0.416 e. The van der Waals surface area contributed by atoms with Crippen molar-refractivity contribution in [2.45, 2.75) is 57.5 Å². The molecule has 0 N–H and O–H groups in total. The average Bonchev–Trinajstić information content (AvgIpc) is 2.88. The number of rotatable bonds is 9. The van der Waals surface area contributed by atoms with Crippen molar-refractivity contribution in [3.8, 4) is 0 Å². The first-order valence-electron chi connectivity index (χ1n) is 12.9. The molecule has 2 aromatic rings. The lowest BCUT2D eigenvalue weighted by molar-refractivity contribution is -0.143. The highest BCUT2D eigenvalue weighted by molar-refractivity contribution is 5.85. The fourth-order valence-electron chi connectivity index (χ4n) is 5.17. The van der Waals surface area contributed by atoms with E-state index in [-0.39, 0.29) is 55.3 Å². The molecule has 0 saturated carbocycles. The minimum absolute atomic E-state index is 0. The second-order valence-corrected chi connectivity index (χ2v) is 9.73. The molecule has 226 valence electrons. The molecule has 1 aliphatic heterocycles. The monoisotopic (exact) mass is 615 g/mol. The number of piperidine rings is 1. The van der Waals surface area contributed by atoms with Crippen LogP contribution in [0, 0.1) is 0 Å². The lowest BCUT2D eigenvalue weighted by atomic mass is 9.97. The van der Waals surface area contributed by atoms with Gasteiger partial charge >= 0.3 is 12.4 Å². The van der Waals surface area contributed by atoms with Gasteiger partial charge in [0.15, 0.2) is 0 Å². The fraction of sp³-hybridized carbons (Fsp3) is 0.536. The number of carbonyl (C=O) groups excluding carboxylic acids is 1. The Morgan fingerprint density at radius 3 is 1.85 bits per heavy atom. The summed E-state index contributed by atoms with van der Waals surface area (Å²) in [6, 6.07) is 10.7. The number of halogens is 8. The van der Waals surface area contributed by atoms with Gasteiger partial charge in [0.2, 0.25) is 5.91 Å². The van der Waals surface area contributed by atoms with E-state index in [2.05, 4.69) is 23.6 Å². The third kappa shape index (κ3) is 9.26. The number of carbonyl (C=O) groups is 1. The summed E-state index contributed by atoms with van der Waals surface area (Å²) in [5.41, 5.74) is -2.02. The van der Waals surface area contributed by atoms with Crippen LogP contribution >= 0.6 is 24.8 Å². The third-order valence-corrected chi connectivity index (χ3v) is 7.30. The number of likely N-dealkylation sites (tertiary alicyclic amines) is 1. The number of amides is 1. The van der Waals surface area contributed by atoms with E-state index >= 15 is 0 Å². The van der Waals surface area contributed by atoms with Gasteiger partial charge in [0.05, 0.1) is 11.1 Å². The average molecular weight is 617 g/mol. The first kappa shape index (κ1) is 36.0. The Bertz CT molecular complexity index is 1020. The summed E-state index contributed by atoms with van der Waals surface area (Å²) in [6.45, 7) is 7.57. The Labute approximate surface area is 244 Å². The molecule has 12 heteroatoms. The van der Waals surface area contributed by atoms with Gasteiger partial charge in [-0.05, 0) is 61.7 Å². The lowest BCUT2D eigenvalue weighted by Crippen LogP contribution is -2.49. The molecule has 2 aromatic carbocycles. The van der Waals surface area contributed by atoms with Crippen LogP contribution in [0.1, 0.15) is 55.0 Å². The van der Waals surface area contributed by atoms with E-state index in [1.165, 1.54) is 4.90 Å². The van der Waals surface area contributed by atoms with Crippen molar-refractivity contribution in [2.75, 3.05) is 39.8 Å². The quantitative estimate of drug-likeness (QED) is 0.281. The summed E-state index contributed by atoms with van der Waals surface area (Å²) in [5.74, 6) is -0.236. The number of benzene rings is 2. The van der Waals surface area contributed by atoms with Crippen LogP contribution in [0.2, 0.25) is 0 Å². The van der Waals surface area contributed by atoms with Gasteiger partial charge in [-0.15, -0.1) is 24.8 Å². The summed E-state index contributed by atoms with van der Waals surface area (Å²) >= 11 is 0. The Hall–Kier alpha value is -2.01. The summed E-state index contributed by atoms with van der Waals surface area (Å²) in [6.07, 6.45) is -8.14. The molecule has 1 atom stereocenters. The second kappa shape index (κ2) is 15.3. The van der Waals surface area contributed by atoms with E-state index in [4.69, 9.17) is 0 Å². The van der Waals surface area contributed by atoms with Crippen molar-refractivity contribution < 1.29 is 31.1 Å². The highest BCUT2D eigenvalue weighted by Crippen LogP contribution is 2.36. The Balaban J connectivity index is 0.00000400. The summed E-state index contributed by atoms with van der Waals surface area (Å²) in [7, 11) is 1.54. The molecule has 40 heavy (non-hydrogen) atoms. The van der Waals surface area contributed by atoms with Crippen LogP contribution in [0.4, 0.5) is 26.3 Å². The first-order chi connectivity index (χ1) is 17.8. The molecule has 0 spiro atoms. The van der Waals surface area contributed by atoms with Gasteiger partial charge in [0, 0.05) is 32.7 Å². The second-order valence-electron chi connectivity index (χ2n) is 9.73. The minimum Gasteiger partial charge on any atom is -0.344 e. The van der Waals surface area contributed by atoms with E-state index in [1.807, 2.05) is 30.3 Å². The third-order valence-electron chi connectivity index (χ3n) is 7.30. The van der Waals surface area contributed by atoms with Crippen molar-refractivity contribution in [2.24, 2.45) is 0 Å². The highest BCUT2D eigenvalue weighted by Gasteiger charge is 2.37. The molecule has 0 aromatic heterocycles. The van der Waals surface area contributed by atoms with Crippen LogP contribution in [0.15, 0.2) is 48.5 Å². The van der Waals surface area contributed by atoms with Crippen LogP contribution in [-0.4, -0.2) is 66.4 Å². The van der Waals surface area contributed by atoms with Crippen molar-refractivity contribution in [1.29, 1.82) is 0 Å². The number of likely N-dealkylation sites (N-methyl/N-ethyl adjacent to an activating group) is 1. The van der Waals surface area contributed by atoms with Crippen LogP contribution in [0.25, 0.3) is 0 Å². The number of hydrogen-bond acceptors (Lipinski definition) is 3. The molecule has 0 radical (unpaired) electrons. The number of alkyl halides is 6. The topological polar surface area (TPSA) is 26.8 Å². The Morgan fingerprint density at radius 1 is 0.900 bits per heavy atom. The molecule has 0 bridgehead atoms. The molecule has 3 rings (SSSR count). The van der Waals surface area contributed by atoms with Gasteiger partial charge < -0.3 is 9.80 Å². The molecular weight excluding hydrogens is 579 g/mol. The van der Waals surface area contributed by atoms with Crippen molar-refractivity contribution in [3.05, 3.63) is 70.8 Å². The zero-order valence-electron chi connectivity index (χ0n) is 22.8.